The average Bonchev–Trinajstić information content (AvgIpc) is 3.49. The van der Waals surface area contributed by atoms with Gasteiger partial charge in [0, 0.05) is 41.9 Å². The number of unbranched alkanes of at least 4 members (excludes halogenated alkanes) is 3. The van der Waals surface area contributed by atoms with Crippen LogP contribution in [0, 0.1) is 12.8 Å². The van der Waals surface area contributed by atoms with Gasteiger partial charge in [0.2, 0.25) is 5.91 Å². The molecule has 0 radical (unpaired) electrons. The smallest absolute Gasteiger partial charge is 0.329 e. The Morgan fingerprint density at radius 1 is 1.05 bits per heavy atom. The standard InChI is InChI=1S/C42H53N5O7S/c1-8-9-10-11-18-46(22-28-12-14-29(52-6)15-13-28)41(51)47-23-30(19-34(47)38(48)45-42(40(49)50)21-26(42)4)54-36-20-32(39-44-33(24-55-39)25(2)3)43-37-27(5)35(53-7)17-16-31(36)37/h12-17,20,24-26,30,34H,8-11,18-19,21-23H2,1-7H3,(H,45,48)(H,49,50)/t26-,30-,34+,42-/m1/s1. The lowest BCUT2D eigenvalue weighted by molar-refractivity contribution is -0.144. The monoisotopic (exact) mass is 771 g/mol. The normalized spacial score (nSPS) is 20.4. The number of carbonyl (C=O) groups excluding carboxylic acids is 2. The van der Waals surface area contributed by atoms with E-state index in [4.69, 9.17) is 24.2 Å². The number of aliphatic carboxylic acids is 1. The molecule has 2 N–H and O–H groups in total. The zero-order valence-electron chi connectivity index (χ0n) is 32.9. The maximum absolute atomic E-state index is 14.7. The number of methoxy groups -OCH3 is 2. The number of amides is 3. The molecule has 1 aliphatic carbocycles. The summed E-state index contributed by atoms with van der Waals surface area (Å²) in [4.78, 5) is 54.4. The Morgan fingerprint density at radius 3 is 2.42 bits per heavy atom. The van der Waals surface area contributed by atoms with Crippen LogP contribution in [-0.2, 0) is 16.1 Å². The van der Waals surface area contributed by atoms with Gasteiger partial charge in [-0.1, -0.05) is 59.1 Å². The van der Waals surface area contributed by atoms with E-state index in [1.54, 1.807) is 30.9 Å². The third kappa shape index (κ3) is 8.51. The molecule has 4 aromatic rings. The number of rotatable bonds is 16. The van der Waals surface area contributed by atoms with Gasteiger partial charge in [0.1, 0.15) is 45.6 Å². The van der Waals surface area contributed by atoms with Crippen molar-refractivity contribution in [2.45, 2.75) is 103 Å². The summed E-state index contributed by atoms with van der Waals surface area (Å²) in [6.45, 7) is 11.1. The first kappa shape index (κ1) is 39.8. The molecule has 3 heterocycles. The zero-order valence-corrected chi connectivity index (χ0v) is 33.7. The predicted molar refractivity (Wildman–Crippen MR) is 213 cm³/mol. The molecule has 4 atom stereocenters. The van der Waals surface area contributed by atoms with Crippen LogP contribution in [0.2, 0.25) is 0 Å². The molecule has 1 saturated carbocycles. The van der Waals surface area contributed by atoms with Gasteiger partial charge in [-0.25, -0.2) is 19.6 Å². The van der Waals surface area contributed by atoms with Gasteiger partial charge in [0.05, 0.1) is 32.0 Å². The highest BCUT2D eigenvalue weighted by Crippen LogP contribution is 2.44. The molecule has 2 fully saturated rings. The van der Waals surface area contributed by atoms with Crippen molar-refractivity contribution >= 4 is 40.1 Å². The number of aromatic nitrogens is 2. The third-order valence-corrected chi connectivity index (χ3v) is 11.8. The van der Waals surface area contributed by atoms with Crippen LogP contribution in [0.4, 0.5) is 4.79 Å². The van der Waals surface area contributed by atoms with Crippen molar-refractivity contribution < 1.29 is 33.7 Å². The molecule has 3 amide bonds. The number of hydrogen-bond donors (Lipinski definition) is 2. The first-order valence-corrected chi connectivity index (χ1v) is 20.1. The van der Waals surface area contributed by atoms with Crippen molar-refractivity contribution in [3.05, 3.63) is 64.7 Å². The highest BCUT2D eigenvalue weighted by Gasteiger charge is 2.60. The lowest BCUT2D eigenvalue weighted by atomic mass is 10.1. The van der Waals surface area contributed by atoms with Crippen LogP contribution in [0.15, 0.2) is 47.8 Å². The maximum atomic E-state index is 14.7. The number of pyridine rings is 1. The summed E-state index contributed by atoms with van der Waals surface area (Å²) in [6, 6.07) is 12.0. The molecule has 55 heavy (non-hydrogen) atoms. The number of fused-ring (bicyclic) bond motifs is 1. The Labute approximate surface area is 327 Å². The molecular weight excluding hydrogens is 719 g/mol. The summed E-state index contributed by atoms with van der Waals surface area (Å²) in [5.74, 6) is 0.432. The number of nitrogens with zero attached hydrogens (tertiary/aromatic N) is 4. The molecule has 0 spiro atoms. The predicted octanol–water partition coefficient (Wildman–Crippen LogP) is 7.81. The summed E-state index contributed by atoms with van der Waals surface area (Å²) in [7, 11) is 3.24. The number of nitrogens with one attached hydrogen (secondary N) is 1. The van der Waals surface area contributed by atoms with Gasteiger partial charge in [-0.3, -0.25) is 4.79 Å². The molecule has 1 aliphatic heterocycles. The van der Waals surface area contributed by atoms with E-state index in [0.29, 0.717) is 42.2 Å². The van der Waals surface area contributed by atoms with Crippen LogP contribution in [0.5, 0.6) is 17.2 Å². The molecule has 2 aromatic heterocycles. The fraction of sp³-hybridized carbons (Fsp3) is 0.500. The molecule has 12 nitrogen and oxygen atoms in total. The number of carboxylic acid groups (broad SMARTS) is 1. The van der Waals surface area contributed by atoms with Crippen LogP contribution in [-0.4, -0.2) is 87.8 Å². The Bertz CT molecular complexity index is 2020. The molecule has 6 rings (SSSR count). The highest BCUT2D eigenvalue weighted by molar-refractivity contribution is 7.13. The van der Waals surface area contributed by atoms with Crippen molar-refractivity contribution in [2.24, 2.45) is 5.92 Å². The van der Waals surface area contributed by atoms with Crippen molar-refractivity contribution in [3.8, 4) is 28.0 Å². The SMILES string of the molecule is CCCCCCN(Cc1ccc(OC)cc1)C(=O)N1C[C@H](Oc2cc(-c3nc(C(C)C)cs3)nc3c(C)c(OC)ccc23)C[C@H]1C(=O)N[C@]1(C(=O)O)C[C@H]1C. The van der Waals surface area contributed by atoms with Gasteiger partial charge in [0.25, 0.3) is 0 Å². The van der Waals surface area contributed by atoms with Crippen LogP contribution >= 0.6 is 11.3 Å². The van der Waals surface area contributed by atoms with Crippen molar-refractivity contribution in [1.29, 1.82) is 0 Å². The number of carbonyl (C=O) groups is 3. The Morgan fingerprint density at radius 2 is 1.80 bits per heavy atom. The molecule has 0 bridgehead atoms. The Kier molecular flexibility index (Phi) is 12.2. The van der Waals surface area contributed by atoms with E-state index in [0.717, 1.165) is 58.6 Å². The minimum Gasteiger partial charge on any atom is -0.497 e. The first-order chi connectivity index (χ1) is 26.4. The third-order valence-electron chi connectivity index (χ3n) is 10.9. The van der Waals surface area contributed by atoms with Gasteiger partial charge in [-0.05, 0) is 61.4 Å². The maximum Gasteiger partial charge on any atom is 0.329 e. The van der Waals surface area contributed by atoms with E-state index in [2.05, 4.69) is 26.1 Å². The van der Waals surface area contributed by atoms with Gasteiger partial charge in [-0.15, -0.1) is 11.3 Å². The molecule has 2 aromatic carbocycles. The van der Waals surface area contributed by atoms with Crippen molar-refractivity contribution in [3.63, 3.8) is 0 Å². The number of benzene rings is 2. The number of aryl methyl sites for hydroxylation is 1. The lowest BCUT2D eigenvalue weighted by Gasteiger charge is -2.32. The minimum atomic E-state index is -1.34. The number of hydrogen-bond acceptors (Lipinski definition) is 9. The summed E-state index contributed by atoms with van der Waals surface area (Å²) < 4.78 is 17.8. The average molecular weight is 772 g/mol. The van der Waals surface area contributed by atoms with Gasteiger partial charge < -0.3 is 34.4 Å². The van der Waals surface area contributed by atoms with Crippen molar-refractivity contribution in [2.75, 3.05) is 27.3 Å². The van der Waals surface area contributed by atoms with Crippen molar-refractivity contribution in [1.82, 2.24) is 25.1 Å². The molecular formula is C42H53N5O7S. The van der Waals surface area contributed by atoms with E-state index in [-0.39, 0.29) is 30.8 Å². The number of carboxylic acids is 1. The Balaban J connectivity index is 1.35. The molecule has 294 valence electrons. The van der Waals surface area contributed by atoms with Gasteiger partial charge >= 0.3 is 12.0 Å². The van der Waals surface area contributed by atoms with Crippen LogP contribution < -0.4 is 19.5 Å². The summed E-state index contributed by atoms with van der Waals surface area (Å²) in [6.07, 6.45) is 3.82. The van der Waals surface area contributed by atoms with E-state index < -0.39 is 29.6 Å². The fourth-order valence-electron chi connectivity index (χ4n) is 7.36. The lowest BCUT2D eigenvalue weighted by Crippen LogP contribution is -2.55. The molecule has 1 saturated heterocycles. The second-order valence-electron chi connectivity index (χ2n) is 15.2. The van der Waals surface area contributed by atoms with Crippen LogP contribution in [0.3, 0.4) is 0 Å². The molecule has 2 aliphatic rings. The van der Waals surface area contributed by atoms with E-state index in [9.17, 15) is 19.5 Å². The molecule has 13 heteroatoms. The summed E-state index contributed by atoms with van der Waals surface area (Å²) in [5.41, 5.74) is 2.77. The highest BCUT2D eigenvalue weighted by atomic mass is 32.1. The van der Waals surface area contributed by atoms with Crippen LogP contribution in [0.1, 0.15) is 89.0 Å². The summed E-state index contributed by atoms with van der Waals surface area (Å²) >= 11 is 1.52. The minimum absolute atomic E-state index is 0.129. The second kappa shape index (κ2) is 16.8. The fourth-order valence-corrected chi connectivity index (χ4v) is 8.30. The quantitative estimate of drug-likeness (QED) is 0.109. The zero-order chi connectivity index (χ0) is 39.4. The van der Waals surface area contributed by atoms with E-state index in [1.807, 2.05) is 54.8 Å². The first-order valence-electron chi connectivity index (χ1n) is 19.2. The largest absolute Gasteiger partial charge is 0.497 e. The summed E-state index contributed by atoms with van der Waals surface area (Å²) in [5, 5.41) is 16.5. The Hall–Kier alpha value is -4.91. The topological polar surface area (TPSA) is 143 Å². The number of urea groups is 1. The molecule has 0 unspecified atom stereocenters. The van der Waals surface area contributed by atoms with E-state index in [1.165, 1.54) is 11.3 Å². The van der Waals surface area contributed by atoms with Gasteiger partial charge in [-0.2, -0.15) is 0 Å². The second-order valence-corrected chi connectivity index (χ2v) is 16.0. The number of ether oxygens (including phenoxy) is 3. The number of thiazole rings is 1. The van der Waals surface area contributed by atoms with Crippen LogP contribution in [0.25, 0.3) is 21.6 Å². The van der Waals surface area contributed by atoms with Gasteiger partial charge in [0.15, 0.2) is 0 Å². The number of likely N-dealkylation sites (tertiary alicyclic amines) is 1. The van der Waals surface area contributed by atoms with E-state index >= 15 is 0 Å².